The molecule has 4 N–H and O–H groups in total. The molecule has 0 saturated heterocycles. The molecule has 0 aromatic heterocycles. The normalized spacial score (nSPS) is 14.5. The minimum Gasteiger partial charge on any atom is -0.387 e. The minimum absolute atomic E-state index is 0.164. The maximum atomic E-state index is 10.5. The van der Waals surface area contributed by atoms with Crippen LogP contribution in [0.5, 0.6) is 0 Å². The SMILES string of the molecule is CC(C)(CCC(C)(C)NCC(O)c1ccccc1Cl)NCC(O)c1ccccc1Cl. The summed E-state index contributed by atoms with van der Waals surface area (Å²) in [4.78, 5) is 0. The molecular weight excluding hydrogens is 419 g/mol. The Hall–Kier alpha value is -1.14. The second-order valence-corrected chi connectivity index (χ2v) is 9.92. The first kappa shape index (κ1) is 25.1. The lowest BCUT2D eigenvalue weighted by molar-refractivity contribution is 0.148. The largest absolute Gasteiger partial charge is 0.387 e. The minimum atomic E-state index is -0.658. The molecule has 0 heterocycles. The molecule has 0 bridgehead atoms. The van der Waals surface area contributed by atoms with Crippen molar-refractivity contribution in [2.75, 3.05) is 13.1 Å². The van der Waals surface area contributed by atoms with Crippen molar-refractivity contribution in [2.24, 2.45) is 0 Å². The van der Waals surface area contributed by atoms with Crippen LogP contribution in [0.2, 0.25) is 10.0 Å². The second-order valence-electron chi connectivity index (χ2n) is 9.10. The zero-order valence-electron chi connectivity index (χ0n) is 18.3. The van der Waals surface area contributed by atoms with Gasteiger partial charge in [0.2, 0.25) is 0 Å². The molecule has 0 fully saturated rings. The number of benzene rings is 2. The van der Waals surface area contributed by atoms with Crippen molar-refractivity contribution < 1.29 is 10.2 Å². The van der Waals surface area contributed by atoms with E-state index >= 15 is 0 Å². The maximum Gasteiger partial charge on any atom is 0.0928 e. The van der Waals surface area contributed by atoms with Crippen LogP contribution in [0.4, 0.5) is 0 Å². The van der Waals surface area contributed by atoms with E-state index in [1.807, 2.05) is 36.4 Å². The van der Waals surface area contributed by atoms with Gasteiger partial charge in [-0.15, -0.1) is 0 Å². The van der Waals surface area contributed by atoms with Gasteiger partial charge in [-0.1, -0.05) is 59.6 Å². The van der Waals surface area contributed by atoms with Gasteiger partial charge < -0.3 is 20.8 Å². The third-order valence-corrected chi connectivity index (χ3v) is 6.14. The monoisotopic (exact) mass is 452 g/mol. The van der Waals surface area contributed by atoms with Crippen molar-refractivity contribution >= 4 is 23.2 Å². The molecule has 0 aliphatic rings. The third kappa shape index (κ3) is 7.84. The van der Waals surface area contributed by atoms with Crippen LogP contribution < -0.4 is 10.6 Å². The molecule has 0 amide bonds. The Morgan fingerprint density at radius 3 is 1.37 bits per heavy atom. The molecule has 2 aromatic carbocycles. The van der Waals surface area contributed by atoms with Crippen LogP contribution in [0.25, 0.3) is 0 Å². The first-order chi connectivity index (χ1) is 14.0. The van der Waals surface area contributed by atoms with Gasteiger partial charge in [0.1, 0.15) is 0 Å². The summed E-state index contributed by atoms with van der Waals surface area (Å²) in [5.74, 6) is 0. The number of aliphatic hydroxyl groups is 2. The number of hydrogen-bond acceptors (Lipinski definition) is 4. The number of halogens is 2. The van der Waals surface area contributed by atoms with E-state index < -0.39 is 12.2 Å². The fourth-order valence-corrected chi connectivity index (χ4v) is 3.78. The summed E-state index contributed by atoms with van der Waals surface area (Å²) >= 11 is 12.4. The van der Waals surface area contributed by atoms with Gasteiger partial charge in [0.25, 0.3) is 0 Å². The van der Waals surface area contributed by atoms with Crippen LogP contribution >= 0.6 is 23.2 Å². The summed E-state index contributed by atoms with van der Waals surface area (Å²) in [6.07, 6.45) is 0.472. The van der Waals surface area contributed by atoms with Crippen molar-refractivity contribution in [2.45, 2.75) is 63.8 Å². The van der Waals surface area contributed by atoms with Crippen LogP contribution in [0, 0.1) is 0 Å². The number of hydrogen-bond donors (Lipinski definition) is 4. The number of aliphatic hydroxyl groups excluding tert-OH is 2. The summed E-state index contributed by atoms with van der Waals surface area (Å²) in [6.45, 7) is 9.36. The Balaban J connectivity index is 1.81. The van der Waals surface area contributed by atoms with Gasteiger partial charge in [-0.3, -0.25) is 0 Å². The molecule has 6 heteroatoms. The quantitative estimate of drug-likeness (QED) is 0.374. The molecule has 2 unspecified atom stereocenters. The van der Waals surface area contributed by atoms with E-state index in [-0.39, 0.29) is 11.1 Å². The lowest BCUT2D eigenvalue weighted by Gasteiger charge is -2.34. The van der Waals surface area contributed by atoms with Crippen molar-refractivity contribution in [1.82, 2.24) is 10.6 Å². The second kappa shape index (κ2) is 10.9. The van der Waals surface area contributed by atoms with E-state index in [4.69, 9.17) is 23.2 Å². The van der Waals surface area contributed by atoms with Gasteiger partial charge in [-0.2, -0.15) is 0 Å². The first-order valence-corrected chi connectivity index (χ1v) is 11.1. The van der Waals surface area contributed by atoms with Crippen molar-refractivity contribution in [1.29, 1.82) is 0 Å². The molecule has 0 spiro atoms. The Labute approximate surface area is 190 Å². The molecule has 4 nitrogen and oxygen atoms in total. The highest BCUT2D eigenvalue weighted by Crippen LogP contribution is 2.25. The van der Waals surface area contributed by atoms with E-state index in [2.05, 4.69) is 38.3 Å². The molecule has 2 aromatic rings. The molecular formula is C24H34Cl2N2O2. The Morgan fingerprint density at radius 2 is 1.03 bits per heavy atom. The van der Waals surface area contributed by atoms with Gasteiger partial charge in [-0.25, -0.2) is 0 Å². The van der Waals surface area contributed by atoms with Gasteiger partial charge in [0.05, 0.1) is 12.2 Å². The van der Waals surface area contributed by atoms with Crippen molar-refractivity contribution in [3.05, 3.63) is 69.7 Å². The summed E-state index contributed by atoms with van der Waals surface area (Å²) < 4.78 is 0. The summed E-state index contributed by atoms with van der Waals surface area (Å²) in [5.41, 5.74) is 1.14. The predicted octanol–water partition coefficient (Wildman–Crippen LogP) is 5.28. The molecule has 0 aliphatic carbocycles. The number of rotatable bonds is 11. The van der Waals surface area contributed by atoms with E-state index in [1.165, 1.54) is 0 Å². The standard InChI is InChI=1S/C24H34Cl2N2O2/c1-23(2,27-15-21(29)17-9-5-7-11-19(17)25)13-14-24(3,4)28-16-22(30)18-10-6-8-12-20(18)26/h5-12,21-22,27-30H,13-16H2,1-4H3. The van der Waals surface area contributed by atoms with Crippen LogP contribution in [0.3, 0.4) is 0 Å². The molecule has 30 heavy (non-hydrogen) atoms. The lowest BCUT2D eigenvalue weighted by atomic mass is 9.89. The van der Waals surface area contributed by atoms with Crippen LogP contribution in [-0.4, -0.2) is 34.4 Å². The molecule has 0 aliphatic heterocycles. The molecule has 2 atom stereocenters. The van der Waals surface area contributed by atoms with E-state index in [9.17, 15) is 10.2 Å². The fourth-order valence-electron chi connectivity index (χ4n) is 3.26. The van der Waals surface area contributed by atoms with Gasteiger partial charge in [0, 0.05) is 45.3 Å². The van der Waals surface area contributed by atoms with Crippen molar-refractivity contribution in [3.63, 3.8) is 0 Å². The fraction of sp³-hybridized carbons (Fsp3) is 0.500. The lowest BCUT2D eigenvalue weighted by Crippen LogP contribution is -2.46. The Kier molecular flexibility index (Phi) is 9.16. The molecule has 0 radical (unpaired) electrons. The van der Waals surface area contributed by atoms with Crippen LogP contribution in [0.15, 0.2) is 48.5 Å². The summed E-state index contributed by atoms with van der Waals surface area (Å²) in [6, 6.07) is 14.7. The smallest absolute Gasteiger partial charge is 0.0928 e. The van der Waals surface area contributed by atoms with Crippen LogP contribution in [-0.2, 0) is 0 Å². The topological polar surface area (TPSA) is 64.5 Å². The molecule has 0 saturated carbocycles. The first-order valence-electron chi connectivity index (χ1n) is 10.4. The van der Waals surface area contributed by atoms with Gasteiger partial charge in [-0.05, 0) is 52.7 Å². The van der Waals surface area contributed by atoms with Gasteiger partial charge in [0.15, 0.2) is 0 Å². The molecule has 166 valence electrons. The van der Waals surface area contributed by atoms with Crippen LogP contribution in [0.1, 0.15) is 63.9 Å². The zero-order valence-corrected chi connectivity index (χ0v) is 19.8. The van der Waals surface area contributed by atoms with Crippen molar-refractivity contribution in [3.8, 4) is 0 Å². The Bertz CT molecular complexity index is 744. The van der Waals surface area contributed by atoms with E-state index in [1.54, 1.807) is 12.1 Å². The third-order valence-electron chi connectivity index (χ3n) is 5.45. The number of nitrogens with one attached hydrogen (secondary N) is 2. The zero-order chi connectivity index (χ0) is 22.4. The van der Waals surface area contributed by atoms with E-state index in [0.29, 0.717) is 23.1 Å². The van der Waals surface area contributed by atoms with E-state index in [0.717, 1.165) is 24.0 Å². The molecule has 2 rings (SSSR count). The Morgan fingerprint density at radius 1 is 0.700 bits per heavy atom. The average molecular weight is 453 g/mol. The van der Waals surface area contributed by atoms with Gasteiger partial charge >= 0.3 is 0 Å². The summed E-state index contributed by atoms with van der Waals surface area (Å²) in [7, 11) is 0. The highest BCUT2D eigenvalue weighted by Gasteiger charge is 2.26. The average Bonchev–Trinajstić information content (AvgIpc) is 2.70. The summed E-state index contributed by atoms with van der Waals surface area (Å²) in [5, 5.41) is 29.0. The number of β-amino-alcohol motifs (C(OH)–C–C–N with tert-alkyl or cyclic N) is 2. The highest BCUT2D eigenvalue weighted by molar-refractivity contribution is 6.31. The highest BCUT2D eigenvalue weighted by atomic mass is 35.5. The maximum absolute atomic E-state index is 10.5. The predicted molar refractivity (Wildman–Crippen MR) is 126 cm³/mol.